The van der Waals surface area contributed by atoms with Gasteiger partial charge in [0.25, 0.3) is 5.91 Å². The van der Waals surface area contributed by atoms with Crippen molar-refractivity contribution in [3.63, 3.8) is 0 Å². The second-order valence-electron chi connectivity index (χ2n) is 9.75. The third-order valence-corrected chi connectivity index (χ3v) is 7.74. The third kappa shape index (κ3) is 7.75. The van der Waals surface area contributed by atoms with Gasteiger partial charge in [0.05, 0.1) is 10.0 Å². The van der Waals surface area contributed by atoms with E-state index < -0.39 is 6.04 Å². The molecule has 3 aromatic rings. The molecule has 200 valence electrons. The zero-order valence-electron chi connectivity index (χ0n) is 21.7. The number of amides is 2. The number of ether oxygens (including phenoxy) is 1. The second-order valence-corrected chi connectivity index (χ2v) is 10.6. The Morgan fingerprint density at radius 2 is 1.61 bits per heavy atom. The Bertz CT molecular complexity index is 1210. The fourth-order valence-electron chi connectivity index (χ4n) is 4.81. The highest BCUT2D eigenvalue weighted by Gasteiger charge is 2.32. The molecule has 1 aliphatic carbocycles. The Morgan fingerprint density at radius 3 is 2.26 bits per heavy atom. The normalized spacial score (nSPS) is 14.2. The summed E-state index contributed by atoms with van der Waals surface area (Å²) in [5, 5.41) is 4.05. The van der Waals surface area contributed by atoms with Crippen LogP contribution in [0.2, 0.25) is 10.0 Å². The number of carbonyl (C=O) groups is 2. The third-order valence-electron chi connectivity index (χ3n) is 7.00. The van der Waals surface area contributed by atoms with Gasteiger partial charge in [-0.15, -0.1) is 0 Å². The summed E-state index contributed by atoms with van der Waals surface area (Å²) in [6, 6.07) is 22.2. The summed E-state index contributed by atoms with van der Waals surface area (Å²) >= 11 is 12.4. The van der Waals surface area contributed by atoms with E-state index in [0.717, 1.165) is 43.2 Å². The SMILES string of the molecule is CCc1ccc(OCC(=O)N(Cc2ccc(Cl)c(Cl)c2)C(Cc2ccccc2)C(=O)NC2CCCC2)cc1. The monoisotopic (exact) mass is 552 g/mol. The van der Waals surface area contributed by atoms with Crippen molar-refractivity contribution >= 4 is 35.0 Å². The van der Waals surface area contributed by atoms with Crippen LogP contribution in [-0.4, -0.2) is 35.4 Å². The molecule has 0 spiro atoms. The van der Waals surface area contributed by atoms with Gasteiger partial charge >= 0.3 is 0 Å². The van der Waals surface area contributed by atoms with Crippen molar-refractivity contribution in [2.75, 3.05) is 6.61 Å². The van der Waals surface area contributed by atoms with Gasteiger partial charge in [0.2, 0.25) is 5.91 Å². The van der Waals surface area contributed by atoms with E-state index in [1.807, 2.05) is 60.7 Å². The fourth-order valence-corrected chi connectivity index (χ4v) is 5.13. The predicted molar refractivity (Wildman–Crippen MR) is 153 cm³/mol. The average Bonchev–Trinajstić information content (AvgIpc) is 3.45. The summed E-state index contributed by atoms with van der Waals surface area (Å²) in [7, 11) is 0. The van der Waals surface area contributed by atoms with Gasteiger partial charge in [-0.2, -0.15) is 0 Å². The highest BCUT2D eigenvalue weighted by molar-refractivity contribution is 6.42. The molecule has 3 aromatic carbocycles. The zero-order chi connectivity index (χ0) is 26.9. The van der Waals surface area contributed by atoms with Crippen LogP contribution in [0.4, 0.5) is 0 Å². The van der Waals surface area contributed by atoms with Crippen LogP contribution >= 0.6 is 23.2 Å². The largest absolute Gasteiger partial charge is 0.484 e. The molecule has 1 aliphatic rings. The topological polar surface area (TPSA) is 58.6 Å². The first-order chi connectivity index (χ1) is 18.4. The molecular formula is C31H34Cl2N2O3. The first-order valence-electron chi connectivity index (χ1n) is 13.2. The molecule has 0 aliphatic heterocycles. The van der Waals surface area contributed by atoms with Crippen LogP contribution < -0.4 is 10.1 Å². The van der Waals surface area contributed by atoms with Crippen LogP contribution in [0.1, 0.15) is 49.3 Å². The molecule has 1 atom stereocenters. The van der Waals surface area contributed by atoms with Gasteiger partial charge in [0.15, 0.2) is 6.61 Å². The van der Waals surface area contributed by atoms with E-state index >= 15 is 0 Å². The Kier molecular flexibility index (Phi) is 10.1. The highest BCUT2D eigenvalue weighted by atomic mass is 35.5. The molecule has 0 radical (unpaired) electrons. The minimum atomic E-state index is -0.717. The highest BCUT2D eigenvalue weighted by Crippen LogP contribution is 2.25. The van der Waals surface area contributed by atoms with Crippen LogP contribution in [0, 0.1) is 0 Å². The summed E-state index contributed by atoms with van der Waals surface area (Å²) in [4.78, 5) is 29.1. The number of benzene rings is 3. The predicted octanol–water partition coefficient (Wildman–Crippen LogP) is 6.63. The van der Waals surface area contributed by atoms with Crippen molar-refractivity contribution in [1.82, 2.24) is 10.2 Å². The molecule has 0 aromatic heterocycles. The standard InChI is InChI=1S/C31H34Cl2N2O3/c1-2-22-12-15-26(16-13-22)38-21-30(36)35(20-24-14-17-27(32)28(33)18-24)29(19-23-8-4-3-5-9-23)31(37)34-25-10-6-7-11-25/h3-5,8-9,12-18,25,29H,2,6-7,10-11,19-21H2,1H3,(H,34,37). The number of hydrogen-bond donors (Lipinski definition) is 1. The van der Waals surface area contributed by atoms with Crippen LogP contribution in [0.15, 0.2) is 72.8 Å². The van der Waals surface area contributed by atoms with Gasteiger partial charge in [-0.05, 0) is 60.2 Å². The fraction of sp³-hybridized carbons (Fsp3) is 0.355. The maximum Gasteiger partial charge on any atom is 0.261 e. The number of hydrogen-bond acceptors (Lipinski definition) is 3. The lowest BCUT2D eigenvalue weighted by Gasteiger charge is -2.32. The van der Waals surface area contributed by atoms with Crippen LogP contribution in [0.3, 0.4) is 0 Å². The van der Waals surface area contributed by atoms with Gasteiger partial charge in [-0.25, -0.2) is 0 Å². The van der Waals surface area contributed by atoms with E-state index in [2.05, 4.69) is 12.2 Å². The number of nitrogens with zero attached hydrogens (tertiary/aromatic N) is 1. The molecule has 0 bridgehead atoms. The molecule has 38 heavy (non-hydrogen) atoms. The van der Waals surface area contributed by atoms with Crippen LogP contribution in [0.5, 0.6) is 5.75 Å². The smallest absolute Gasteiger partial charge is 0.261 e. The van der Waals surface area contributed by atoms with Gasteiger partial charge in [0, 0.05) is 19.0 Å². The maximum atomic E-state index is 13.7. The van der Waals surface area contributed by atoms with Crippen molar-refractivity contribution in [2.45, 2.75) is 64.1 Å². The molecular weight excluding hydrogens is 519 g/mol. The van der Waals surface area contributed by atoms with Crippen molar-refractivity contribution < 1.29 is 14.3 Å². The Hall–Kier alpha value is -3.02. The van der Waals surface area contributed by atoms with Gasteiger partial charge in [-0.1, -0.05) is 91.5 Å². The molecule has 1 saturated carbocycles. The van der Waals surface area contributed by atoms with Crippen molar-refractivity contribution in [2.24, 2.45) is 0 Å². The first-order valence-corrected chi connectivity index (χ1v) is 14.0. The molecule has 1 fully saturated rings. The van der Waals surface area contributed by atoms with Crippen LogP contribution in [-0.2, 0) is 29.0 Å². The van der Waals surface area contributed by atoms with Gasteiger partial charge in [0.1, 0.15) is 11.8 Å². The van der Waals surface area contributed by atoms with Gasteiger partial charge < -0.3 is 15.0 Å². The minimum absolute atomic E-state index is 0.135. The summed E-state index contributed by atoms with van der Waals surface area (Å²) in [6.45, 7) is 2.10. The van der Waals surface area contributed by atoms with E-state index in [-0.39, 0.29) is 31.0 Å². The molecule has 2 amide bonds. The zero-order valence-corrected chi connectivity index (χ0v) is 23.2. The lowest BCUT2D eigenvalue weighted by atomic mass is 10.0. The lowest BCUT2D eigenvalue weighted by Crippen LogP contribution is -2.53. The molecule has 5 nitrogen and oxygen atoms in total. The molecule has 1 N–H and O–H groups in total. The Balaban J connectivity index is 1.61. The number of aryl methyl sites for hydroxylation is 1. The van der Waals surface area contributed by atoms with Crippen molar-refractivity contribution in [3.05, 3.63) is 99.5 Å². The number of rotatable bonds is 11. The minimum Gasteiger partial charge on any atom is -0.484 e. The quantitative estimate of drug-likeness (QED) is 0.290. The van der Waals surface area contributed by atoms with E-state index in [1.54, 1.807) is 17.0 Å². The molecule has 1 unspecified atom stereocenters. The Labute approximate surface area is 235 Å². The van der Waals surface area contributed by atoms with E-state index in [1.165, 1.54) is 5.56 Å². The number of halogens is 2. The number of carbonyl (C=O) groups excluding carboxylic acids is 2. The molecule has 4 rings (SSSR count). The number of nitrogens with one attached hydrogen (secondary N) is 1. The average molecular weight is 554 g/mol. The maximum absolute atomic E-state index is 13.7. The molecule has 7 heteroatoms. The van der Waals surface area contributed by atoms with E-state index in [4.69, 9.17) is 27.9 Å². The van der Waals surface area contributed by atoms with Gasteiger partial charge in [-0.3, -0.25) is 9.59 Å². The van der Waals surface area contributed by atoms with Crippen LogP contribution in [0.25, 0.3) is 0 Å². The summed E-state index contributed by atoms with van der Waals surface area (Å²) in [5.41, 5.74) is 2.95. The lowest BCUT2D eigenvalue weighted by molar-refractivity contribution is -0.143. The Morgan fingerprint density at radius 1 is 0.921 bits per heavy atom. The van der Waals surface area contributed by atoms with E-state index in [9.17, 15) is 9.59 Å². The van der Waals surface area contributed by atoms with Crippen molar-refractivity contribution in [1.29, 1.82) is 0 Å². The molecule has 0 saturated heterocycles. The molecule has 0 heterocycles. The van der Waals surface area contributed by atoms with E-state index in [0.29, 0.717) is 22.2 Å². The van der Waals surface area contributed by atoms with Crippen molar-refractivity contribution in [3.8, 4) is 5.75 Å². The summed E-state index contributed by atoms with van der Waals surface area (Å²) < 4.78 is 5.87. The summed E-state index contributed by atoms with van der Waals surface area (Å²) in [5.74, 6) is 0.180. The first kappa shape index (κ1) is 28.0. The summed E-state index contributed by atoms with van der Waals surface area (Å²) in [6.07, 6.45) is 5.43. The second kappa shape index (κ2) is 13.7.